The number of carbonyl (C=O) groups is 2. The van der Waals surface area contributed by atoms with Crippen LogP contribution in [0, 0.1) is 0 Å². The van der Waals surface area contributed by atoms with E-state index in [0.29, 0.717) is 22.6 Å². The number of benzene rings is 1. The average Bonchev–Trinajstić information content (AvgIpc) is 2.88. The third kappa shape index (κ3) is 1.67. The quantitative estimate of drug-likeness (QED) is 0.612. The van der Waals surface area contributed by atoms with Crippen LogP contribution >= 0.6 is 0 Å². The van der Waals surface area contributed by atoms with Crippen molar-refractivity contribution >= 4 is 17.5 Å². The Morgan fingerprint density at radius 2 is 1.95 bits per heavy atom. The molecule has 0 saturated heterocycles. The van der Waals surface area contributed by atoms with Crippen LogP contribution in [0.25, 0.3) is 0 Å². The average molecular weight is 257 g/mol. The van der Waals surface area contributed by atoms with Crippen LogP contribution in [0.15, 0.2) is 24.5 Å². The Labute approximate surface area is 108 Å². The first-order chi connectivity index (χ1) is 9.08. The molecule has 0 aliphatic carbocycles. The van der Waals surface area contributed by atoms with Crippen molar-refractivity contribution in [1.29, 1.82) is 0 Å². The van der Waals surface area contributed by atoms with Crippen LogP contribution in [-0.4, -0.2) is 31.5 Å². The number of aromatic nitrogens is 3. The molecule has 7 nitrogen and oxygen atoms in total. The molecule has 2 aromatic rings. The predicted octanol–water partition coefficient (Wildman–Crippen LogP) is 0.194. The summed E-state index contributed by atoms with van der Waals surface area (Å²) in [6.45, 7) is 0.1000. The standard InChI is InChI=1S/C12H11N5O2/c1-16-10(14-6-15-16)5-17-11(18)8-3-2-7(13)4-9(8)12(17)19/h2-4,6H,5,13H2,1H3. The molecule has 3 rings (SSSR count). The second kappa shape index (κ2) is 3.91. The van der Waals surface area contributed by atoms with E-state index in [4.69, 9.17) is 5.73 Å². The molecule has 0 bridgehead atoms. The van der Waals surface area contributed by atoms with Crippen LogP contribution in [0.2, 0.25) is 0 Å². The lowest BCUT2D eigenvalue weighted by atomic mass is 10.1. The summed E-state index contributed by atoms with van der Waals surface area (Å²) in [4.78, 5) is 29.5. The van der Waals surface area contributed by atoms with Gasteiger partial charge in [0.1, 0.15) is 12.2 Å². The number of carbonyl (C=O) groups excluding carboxylic acids is 2. The molecule has 19 heavy (non-hydrogen) atoms. The fourth-order valence-corrected chi connectivity index (χ4v) is 2.06. The van der Waals surface area contributed by atoms with Gasteiger partial charge < -0.3 is 5.73 Å². The van der Waals surface area contributed by atoms with Crippen molar-refractivity contribution in [2.75, 3.05) is 5.73 Å². The van der Waals surface area contributed by atoms with E-state index in [9.17, 15) is 9.59 Å². The molecule has 1 aromatic carbocycles. The summed E-state index contributed by atoms with van der Waals surface area (Å²) >= 11 is 0. The number of nitrogen functional groups attached to an aromatic ring is 1. The van der Waals surface area contributed by atoms with Crippen LogP contribution < -0.4 is 5.73 Å². The molecule has 96 valence electrons. The number of hydrogen-bond acceptors (Lipinski definition) is 5. The first-order valence-corrected chi connectivity index (χ1v) is 5.66. The van der Waals surface area contributed by atoms with Gasteiger partial charge in [0.2, 0.25) is 0 Å². The van der Waals surface area contributed by atoms with E-state index in [-0.39, 0.29) is 18.4 Å². The van der Waals surface area contributed by atoms with Gasteiger partial charge in [-0.2, -0.15) is 5.10 Å². The van der Waals surface area contributed by atoms with Gasteiger partial charge in [-0.3, -0.25) is 19.2 Å². The maximum atomic E-state index is 12.2. The number of nitrogens with zero attached hydrogens (tertiary/aromatic N) is 4. The number of hydrogen-bond donors (Lipinski definition) is 1. The fourth-order valence-electron chi connectivity index (χ4n) is 2.06. The molecular formula is C12H11N5O2. The first kappa shape index (κ1) is 11.4. The molecule has 0 saturated carbocycles. The van der Waals surface area contributed by atoms with Gasteiger partial charge in [-0.1, -0.05) is 0 Å². The minimum absolute atomic E-state index is 0.1000. The lowest BCUT2D eigenvalue weighted by Crippen LogP contribution is -2.30. The van der Waals surface area contributed by atoms with Crippen molar-refractivity contribution in [2.45, 2.75) is 6.54 Å². The second-order valence-corrected chi connectivity index (χ2v) is 4.30. The van der Waals surface area contributed by atoms with Gasteiger partial charge in [0.15, 0.2) is 0 Å². The number of anilines is 1. The number of nitrogens with two attached hydrogens (primary N) is 1. The smallest absolute Gasteiger partial charge is 0.262 e. The fraction of sp³-hybridized carbons (Fsp3) is 0.167. The zero-order valence-electron chi connectivity index (χ0n) is 10.2. The highest BCUT2D eigenvalue weighted by molar-refractivity contribution is 6.21. The third-order valence-electron chi connectivity index (χ3n) is 3.10. The number of rotatable bonds is 2. The summed E-state index contributed by atoms with van der Waals surface area (Å²) in [7, 11) is 1.71. The largest absolute Gasteiger partial charge is 0.399 e. The summed E-state index contributed by atoms with van der Waals surface area (Å²) in [5.41, 5.74) is 6.81. The Balaban J connectivity index is 1.97. The Hall–Kier alpha value is -2.70. The van der Waals surface area contributed by atoms with Crippen molar-refractivity contribution in [3.63, 3.8) is 0 Å². The molecule has 0 fully saturated rings. The number of amides is 2. The Morgan fingerprint density at radius 3 is 2.63 bits per heavy atom. The van der Waals surface area contributed by atoms with Crippen LogP contribution in [0.1, 0.15) is 26.5 Å². The lowest BCUT2D eigenvalue weighted by Gasteiger charge is -2.12. The third-order valence-corrected chi connectivity index (χ3v) is 3.10. The molecule has 0 unspecified atom stereocenters. The SMILES string of the molecule is Cn1ncnc1CN1C(=O)c2ccc(N)cc2C1=O. The molecule has 7 heteroatoms. The Kier molecular flexibility index (Phi) is 2.34. The number of aryl methyl sites for hydroxylation is 1. The van der Waals surface area contributed by atoms with E-state index in [1.54, 1.807) is 19.2 Å². The van der Waals surface area contributed by atoms with E-state index in [1.807, 2.05) is 0 Å². The highest BCUT2D eigenvalue weighted by Crippen LogP contribution is 2.25. The van der Waals surface area contributed by atoms with Crippen molar-refractivity contribution in [3.05, 3.63) is 41.5 Å². The highest BCUT2D eigenvalue weighted by Gasteiger charge is 2.36. The first-order valence-electron chi connectivity index (χ1n) is 5.66. The molecule has 2 N–H and O–H groups in total. The van der Waals surface area contributed by atoms with E-state index in [0.717, 1.165) is 4.90 Å². The normalized spacial score (nSPS) is 14.1. The highest BCUT2D eigenvalue weighted by atomic mass is 16.2. The van der Waals surface area contributed by atoms with Crippen LogP contribution in [0.4, 0.5) is 5.69 Å². The van der Waals surface area contributed by atoms with Gasteiger partial charge in [-0.05, 0) is 18.2 Å². The zero-order chi connectivity index (χ0) is 13.6. The molecule has 0 atom stereocenters. The van der Waals surface area contributed by atoms with Crippen LogP contribution in [0.3, 0.4) is 0 Å². The Morgan fingerprint density at radius 1 is 1.21 bits per heavy atom. The van der Waals surface area contributed by atoms with E-state index in [1.165, 1.54) is 17.1 Å². The predicted molar refractivity (Wildman–Crippen MR) is 66.1 cm³/mol. The van der Waals surface area contributed by atoms with Crippen molar-refractivity contribution in [3.8, 4) is 0 Å². The van der Waals surface area contributed by atoms with Crippen molar-refractivity contribution in [2.24, 2.45) is 7.05 Å². The molecule has 2 heterocycles. The van der Waals surface area contributed by atoms with Gasteiger partial charge in [0.05, 0.1) is 17.7 Å². The van der Waals surface area contributed by atoms with E-state index >= 15 is 0 Å². The maximum Gasteiger partial charge on any atom is 0.262 e. The summed E-state index contributed by atoms with van der Waals surface area (Å²) < 4.78 is 1.53. The van der Waals surface area contributed by atoms with Crippen LogP contribution in [-0.2, 0) is 13.6 Å². The molecule has 1 aromatic heterocycles. The van der Waals surface area contributed by atoms with Gasteiger partial charge in [0.25, 0.3) is 11.8 Å². The molecule has 0 radical (unpaired) electrons. The second-order valence-electron chi connectivity index (χ2n) is 4.30. The summed E-state index contributed by atoms with van der Waals surface area (Å²) in [5, 5.41) is 3.91. The monoisotopic (exact) mass is 257 g/mol. The zero-order valence-corrected chi connectivity index (χ0v) is 10.2. The van der Waals surface area contributed by atoms with Crippen LogP contribution in [0.5, 0.6) is 0 Å². The summed E-state index contributed by atoms with van der Waals surface area (Å²) in [6, 6.07) is 4.70. The maximum absolute atomic E-state index is 12.2. The van der Waals surface area contributed by atoms with E-state index in [2.05, 4.69) is 10.1 Å². The van der Waals surface area contributed by atoms with Crippen molar-refractivity contribution in [1.82, 2.24) is 19.7 Å². The summed E-state index contributed by atoms with van der Waals surface area (Å²) in [6.07, 6.45) is 1.38. The number of fused-ring (bicyclic) bond motifs is 1. The molecular weight excluding hydrogens is 246 g/mol. The minimum atomic E-state index is -0.352. The topological polar surface area (TPSA) is 94.1 Å². The minimum Gasteiger partial charge on any atom is -0.399 e. The summed E-state index contributed by atoms with van der Waals surface area (Å²) in [5.74, 6) is -0.138. The van der Waals surface area contributed by atoms with Gasteiger partial charge in [-0.25, -0.2) is 4.98 Å². The van der Waals surface area contributed by atoms with Gasteiger partial charge >= 0.3 is 0 Å². The molecule has 1 aliphatic heterocycles. The lowest BCUT2D eigenvalue weighted by molar-refractivity contribution is 0.0637. The number of imide groups is 1. The molecule has 1 aliphatic rings. The van der Waals surface area contributed by atoms with E-state index < -0.39 is 0 Å². The molecule has 2 amide bonds. The van der Waals surface area contributed by atoms with Gasteiger partial charge in [-0.15, -0.1) is 0 Å². The van der Waals surface area contributed by atoms with Crippen molar-refractivity contribution < 1.29 is 9.59 Å². The Bertz CT molecular complexity index is 691. The van der Waals surface area contributed by atoms with Gasteiger partial charge in [0, 0.05) is 12.7 Å². The molecule has 0 spiro atoms.